The summed E-state index contributed by atoms with van der Waals surface area (Å²) >= 11 is 6.30. The van der Waals surface area contributed by atoms with Crippen LogP contribution in [0.15, 0.2) is 48.5 Å². The Labute approximate surface area is 168 Å². The molecule has 0 aliphatic carbocycles. The number of piperazine rings is 1. The standard InChI is InChI=1S/C20H22ClN3O4/c1-15(18-7-2-3-8-19(18)21)22-9-11-23(12-10-22)20(25)14-28-17-6-4-5-16(13-17)24(26)27/h2-8,13,15H,9-12,14H2,1H3. The first-order chi connectivity index (χ1) is 13.5. The zero-order chi connectivity index (χ0) is 20.1. The molecule has 28 heavy (non-hydrogen) atoms. The van der Waals surface area contributed by atoms with Gasteiger partial charge in [-0.3, -0.25) is 19.8 Å². The van der Waals surface area contributed by atoms with Gasteiger partial charge in [0.2, 0.25) is 0 Å². The molecule has 0 N–H and O–H groups in total. The zero-order valence-corrected chi connectivity index (χ0v) is 16.3. The number of hydrogen-bond donors (Lipinski definition) is 0. The third-order valence-electron chi connectivity index (χ3n) is 4.96. The minimum atomic E-state index is -0.492. The summed E-state index contributed by atoms with van der Waals surface area (Å²) in [5.41, 5.74) is 1.02. The van der Waals surface area contributed by atoms with Crippen LogP contribution in [0.3, 0.4) is 0 Å². The van der Waals surface area contributed by atoms with Gasteiger partial charge in [-0.2, -0.15) is 0 Å². The van der Waals surface area contributed by atoms with E-state index >= 15 is 0 Å². The Balaban J connectivity index is 1.50. The summed E-state index contributed by atoms with van der Waals surface area (Å²) in [5, 5.41) is 11.6. The number of benzene rings is 2. The topological polar surface area (TPSA) is 75.9 Å². The molecule has 8 heteroatoms. The molecule has 0 spiro atoms. The van der Waals surface area contributed by atoms with Gasteiger partial charge in [-0.25, -0.2) is 0 Å². The highest BCUT2D eigenvalue weighted by Crippen LogP contribution is 2.27. The second-order valence-corrected chi connectivity index (χ2v) is 7.06. The number of nitrogens with zero attached hydrogens (tertiary/aromatic N) is 3. The van der Waals surface area contributed by atoms with Gasteiger partial charge >= 0.3 is 0 Å². The maximum Gasteiger partial charge on any atom is 0.273 e. The van der Waals surface area contributed by atoms with Gasteiger partial charge in [-0.1, -0.05) is 35.9 Å². The first kappa shape index (κ1) is 20.1. The molecular weight excluding hydrogens is 382 g/mol. The largest absolute Gasteiger partial charge is 0.484 e. The molecule has 1 aliphatic heterocycles. The summed E-state index contributed by atoms with van der Waals surface area (Å²) in [5.74, 6) is 0.185. The van der Waals surface area contributed by atoms with Crippen molar-refractivity contribution in [1.82, 2.24) is 9.80 Å². The van der Waals surface area contributed by atoms with Crippen LogP contribution in [-0.4, -0.2) is 53.4 Å². The van der Waals surface area contributed by atoms with E-state index in [2.05, 4.69) is 11.8 Å². The van der Waals surface area contributed by atoms with Crippen LogP contribution in [0, 0.1) is 10.1 Å². The van der Waals surface area contributed by atoms with Crippen molar-refractivity contribution in [3.8, 4) is 5.75 Å². The highest BCUT2D eigenvalue weighted by Gasteiger charge is 2.25. The van der Waals surface area contributed by atoms with E-state index in [0.29, 0.717) is 18.8 Å². The van der Waals surface area contributed by atoms with Crippen LogP contribution in [-0.2, 0) is 4.79 Å². The first-order valence-corrected chi connectivity index (χ1v) is 9.47. The van der Waals surface area contributed by atoms with Crippen molar-refractivity contribution >= 4 is 23.2 Å². The van der Waals surface area contributed by atoms with E-state index in [1.54, 1.807) is 11.0 Å². The molecule has 1 heterocycles. The van der Waals surface area contributed by atoms with Crippen molar-refractivity contribution in [1.29, 1.82) is 0 Å². The molecule has 148 valence electrons. The average Bonchev–Trinajstić information content (AvgIpc) is 2.72. The smallest absolute Gasteiger partial charge is 0.273 e. The molecule has 2 aromatic rings. The number of carbonyl (C=O) groups excluding carboxylic acids is 1. The fraction of sp³-hybridized carbons (Fsp3) is 0.350. The predicted molar refractivity (Wildman–Crippen MR) is 107 cm³/mol. The van der Waals surface area contributed by atoms with Crippen LogP contribution < -0.4 is 4.74 Å². The second-order valence-electron chi connectivity index (χ2n) is 6.66. The van der Waals surface area contributed by atoms with E-state index in [1.165, 1.54) is 18.2 Å². The summed E-state index contributed by atoms with van der Waals surface area (Å²) in [4.78, 5) is 26.8. The van der Waals surface area contributed by atoms with Gasteiger partial charge in [0.1, 0.15) is 5.75 Å². The molecule has 0 bridgehead atoms. The van der Waals surface area contributed by atoms with Gasteiger partial charge < -0.3 is 9.64 Å². The summed E-state index contributed by atoms with van der Waals surface area (Å²) < 4.78 is 5.44. The molecular formula is C20H22ClN3O4. The number of halogens is 1. The lowest BCUT2D eigenvalue weighted by Gasteiger charge is -2.38. The van der Waals surface area contributed by atoms with E-state index in [-0.39, 0.29) is 24.2 Å². The quantitative estimate of drug-likeness (QED) is 0.544. The van der Waals surface area contributed by atoms with Gasteiger partial charge in [0.05, 0.1) is 11.0 Å². The van der Waals surface area contributed by atoms with E-state index in [9.17, 15) is 14.9 Å². The summed E-state index contributed by atoms with van der Waals surface area (Å²) in [6.45, 7) is 4.67. The average molecular weight is 404 g/mol. The van der Waals surface area contributed by atoms with Gasteiger partial charge in [0.15, 0.2) is 6.61 Å². The number of rotatable bonds is 6. The maximum absolute atomic E-state index is 12.4. The molecule has 1 aliphatic rings. The Bertz CT molecular complexity index is 853. The Kier molecular flexibility index (Phi) is 6.49. The lowest BCUT2D eigenvalue weighted by atomic mass is 10.1. The van der Waals surface area contributed by atoms with E-state index in [4.69, 9.17) is 16.3 Å². The van der Waals surface area contributed by atoms with Crippen LogP contribution >= 0.6 is 11.6 Å². The normalized spacial score (nSPS) is 15.9. The second kappa shape index (κ2) is 9.03. The predicted octanol–water partition coefficient (Wildman–Crippen LogP) is 3.53. The molecule has 3 rings (SSSR count). The van der Waals surface area contributed by atoms with Crippen LogP contribution in [0.4, 0.5) is 5.69 Å². The van der Waals surface area contributed by atoms with Crippen LogP contribution in [0.5, 0.6) is 5.75 Å². The van der Waals surface area contributed by atoms with Crippen molar-refractivity contribution in [2.75, 3.05) is 32.8 Å². The Morgan fingerprint density at radius 3 is 2.57 bits per heavy atom. The molecule has 2 aromatic carbocycles. The first-order valence-electron chi connectivity index (χ1n) is 9.09. The SMILES string of the molecule is CC(c1ccccc1Cl)N1CCN(C(=O)COc2cccc([N+](=O)[O-])c2)CC1. The Morgan fingerprint density at radius 2 is 1.89 bits per heavy atom. The number of amides is 1. The maximum atomic E-state index is 12.4. The molecule has 1 saturated heterocycles. The van der Waals surface area contributed by atoms with Crippen molar-refractivity contribution in [3.05, 3.63) is 69.2 Å². The van der Waals surface area contributed by atoms with Gasteiger partial charge in [0.25, 0.3) is 11.6 Å². The third-order valence-corrected chi connectivity index (χ3v) is 5.30. The van der Waals surface area contributed by atoms with E-state index in [1.807, 2.05) is 24.3 Å². The number of non-ortho nitro benzene ring substituents is 1. The molecule has 1 atom stereocenters. The zero-order valence-electron chi connectivity index (χ0n) is 15.6. The van der Waals surface area contributed by atoms with Crippen LogP contribution in [0.25, 0.3) is 0 Å². The summed E-state index contributed by atoms with van der Waals surface area (Å²) in [6.07, 6.45) is 0. The summed E-state index contributed by atoms with van der Waals surface area (Å²) in [7, 11) is 0. The molecule has 0 radical (unpaired) electrons. The Hall–Kier alpha value is -2.64. The number of hydrogen-bond acceptors (Lipinski definition) is 5. The van der Waals surface area contributed by atoms with Crippen LogP contribution in [0.1, 0.15) is 18.5 Å². The van der Waals surface area contributed by atoms with Gasteiger partial charge in [-0.15, -0.1) is 0 Å². The number of nitro benzene ring substituents is 1. The van der Waals surface area contributed by atoms with E-state index in [0.717, 1.165) is 23.7 Å². The number of carbonyl (C=O) groups is 1. The summed E-state index contributed by atoms with van der Waals surface area (Å²) in [6, 6.07) is 13.8. The van der Waals surface area contributed by atoms with Crippen LogP contribution in [0.2, 0.25) is 5.02 Å². The molecule has 0 aromatic heterocycles. The number of ether oxygens (including phenoxy) is 1. The van der Waals surface area contributed by atoms with Gasteiger partial charge in [0, 0.05) is 43.3 Å². The van der Waals surface area contributed by atoms with E-state index < -0.39 is 4.92 Å². The lowest BCUT2D eigenvalue weighted by molar-refractivity contribution is -0.384. The highest BCUT2D eigenvalue weighted by molar-refractivity contribution is 6.31. The Morgan fingerprint density at radius 1 is 1.18 bits per heavy atom. The third kappa shape index (κ3) is 4.79. The fourth-order valence-electron chi connectivity index (χ4n) is 3.29. The van der Waals surface area contributed by atoms with Crippen molar-refractivity contribution in [2.24, 2.45) is 0 Å². The highest BCUT2D eigenvalue weighted by atomic mass is 35.5. The molecule has 1 unspecified atom stereocenters. The molecule has 0 saturated carbocycles. The van der Waals surface area contributed by atoms with Crippen molar-refractivity contribution < 1.29 is 14.5 Å². The number of nitro groups is 1. The minimum Gasteiger partial charge on any atom is -0.484 e. The lowest BCUT2D eigenvalue weighted by Crippen LogP contribution is -2.50. The van der Waals surface area contributed by atoms with Crippen molar-refractivity contribution in [3.63, 3.8) is 0 Å². The fourth-order valence-corrected chi connectivity index (χ4v) is 3.59. The molecule has 7 nitrogen and oxygen atoms in total. The molecule has 1 amide bonds. The monoisotopic (exact) mass is 403 g/mol. The van der Waals surface area contributed by atoms with Gasteiger partial charge in [-0.05, 0) is 24.6 Å². The molecule has 1 fully saturated rings. The van der Waals surface area contributed by atoms with Crippen molar-refractivity contribution in [2.45, 2.75) is 13.0 Å². The minimum absolute atomic E-state index is 0.0628.